The zero-order valence-electron chi connectivity index (χ0n) is 12.7. The highest BCUT2D eigenvalue weighted by Gasteiger charge is 2.40. The molecule has 3 nitrogen and oxygen atoms in total. The summed E-state index contributed by atoms with van der Waals surface area (Å²) in [4.78, 5) is -4.92. The van der Waals surface area contributed by atoms with Crippen LogP contribution in [0.25, 0.3) is 0 Å². The van der Waals surface area contributed by atoms with Crippen LogP contribution >= 0.6 is 0 Å². The third-order valence-electron chi connectivity index (χ3n) is 3.37. The quantitative estimate of drug-likeness (QED) is 0.573. The van der Waals surface area contributed by atoms with Crippen LogP contribution in [-0.4, -0.2) is 15.5 Å². The van der Waals surface area contributed by atoms with Crippen LogP contribution in [0.1, 0.15) is 5.56 Å². The van der Waals surface area contributed by atoms with Gasteiger partial charge < -0.3 is 4.74 Å². The van der Waals surface area contributed by atoms with E-state index < -0.39 is 77.5 Å². The Bertz CT molecular complexity index is 975. The summed E-state index contributed by atoms with van der Waals surface area (Å²) >= 11 is 0. The fourth-order valence-electron chi connectivity index (χ4n) is 2.07. The number of methoxy groups -OCH3 is 1. The number of halogens is 8. The Kier molecular flexibility index (Phi) is 4.92. The molecule has 0 spiro atoms. The van der Waals surface area contributed by atoms with Crippen molar-refractivity contribution in [2.24, 2.45) is 0 Å². The van der Waals surface area contributed by atoms with E-state index in [4.69, 9.17) is 0 Å². The molecular weight excluding hydrogens is 400 g/mol. The maximum absolute atomic E-state index is 13.9. The fraction of sp³-hybridized carbons (Fsp3) is 0.143. The molecule has 0 unspecified atom stereocenters. The molecule has 0 aromatic heterocycles. The molecule has 0 atom stereocenters. The van der Waals surface area contributed by atoms with Gasteiger partial charge in [0.05, 0.1) is 7.11 Å². The third kappa shape index (κ3) is 2.59. The van der Waals surface area contributed by atoms with Gasteiger partial charge in [-0.2, -0.15) is 8.78 Å². The molecule has 0 radical (unpaired) electrons. The molecule has 142 valence electrons. The first kappa shape index (κ1) is 19.9. The van der Waals surface area contributed by atoms with Crippen LogP contribution in [0.15, 0.2) is 9.79 Å². The van der Waals surface area contributed by atoms with Crippen molar-refractivity contribution in [1.29, 1.82) is 0 Å². The Morgan fingerprint density at radius 2 is 0.923 bits per heavy atom. The van der Waals surface area contributed by atoms with Gasteiger partial charge in [-0.25, -0.2) is 34.8 Å². The summed E-state index contributed by atoms with van der Waals surface area (Å²) in [5, 5.41) is 0. The second kappa shape index (κ2) is 6.41. The minimum Gasteiger partial charge on any atom is -0.491 e. The molecule has 2 aromatic carbocycles. The second-order valence-corrected chi connectivity index (χ2v) is 6.66. The van der Waals surface area contributed by atoms with Crippen molar-refractivity contribution in [3.05, 3.63) is 52.1 Å². The zero-order chi connectivity index (χ0) is 20.1. The van der Waals surface area contributed by atoms with Crippen LogP contribution in [0.3, 0.4) is 0 Å². The summed E-state index contributed by atoms with van der Waals surface area (Å²) in [5.74, 6) is -20.9. The van der Waals surface area contributed by atoms with E-state index in [1.54, 1.807) is 0 Å². The first-order valence-electron chi connectivity index (χ1n) is 6.37. The van der Waals surface area contributed by atoms with Crippen molar-refractivity contribution < 1.29 is 48.3 Å². The van der Waals surface area contributed by atoms with E-state index in [2.05, 4.69) is 4.74 Å². The van der Waals surface area contributed by atoms with Crippen LogP contribution < -0.4 is 4.74 Å². The Morgan fingerprint density at radius 1 is 0.615 bits per heavy atom. The Morgan fingerprint density at radius 3 is 1.23 bits per heavy atom. The molecule has 0 aliphatic heterocycles. The molecule has 12 heteroatoms. The Balaban J connectivity index is 3.01. The lowest BCUT2D eigenvalue weighted by Crippen LogP contribution is -2.17. The largest absolute Gasteiger partial charge is 0.491 e. The topological polar surface area (TPSA) is 43.4 Å². The number of ether oxygens (including phenoxy) is 1. The van der Waals surface area contributed by atoms with Crippen LogP contribution in [0, 0.1) is 53.5 Å². The number of hydrogen-bond donors (Lipinski definition) is 0. The van der Waals surface area contributed by atoms with Gasteiger partial charge in [0, 0.05) is 5.56 Å². The lowest BCUT2D eigenvalue weighted by atomic mass is 10.2. The van der Waals surface area contributed by atoms with Gasteiger partial charge in [-0.15, -0.1) is 0 Å². The molecule has 0 fully saturated rings. The summed E-state index contributed by atoms with van der Waals surface area (Å²) in [6.45, 7) is 0.557. The maximum Gasteiger partial charge on any atom is 0.218 e. The summed E-state index contributed by atoms with van der Waals surface area (Å²) in [7, 11) is -5.51. The first-order valence-corrected chi connectivity index (χ1v) is 7.85. The van der Waals surface area contributed by atoms with Crippen LogP contribution in [-0.2, 0) is 9.84 Å². The van der Waals surface area contributed by atoms with E-state index in [-0.39, 0.29) is 0 Å². The molecule has 0 aliphatic carbocycles. The molecular formula is C14H6F8O3S. The van der Waals surface area contributed by atoms with E-state index in [1.165, 1.54) is 0 Å². The Hall–Kier alpha value is -2.37. The van der Waals surface area contributed by atoms with Gasteiger partial charge in [-0.3, -0.25) is 0 Å². The van der Waals surface area contributed by atoms with Crippen LogP contribution in [0.4, 0.5) is 35.1 Å². The van der Waals surface area contributed by atoms with Crippen molar-refractivity contribution in [2.75, 3.05) is 7.11 Å². The SMILES string of the molecule is COc1c(F)c(F)c(S(=O)(=O)c2c(F)c(F)c(C)c(F)c2F)c(F)c1F. The molecule has 0 bridgehead atoms. The van der Waals surface area contributed by atoms with Crippen LogP contribution in [0.2, 0.25) is 0 Å². The van der Waals surface area contributed by atoms with Gasteiger partial charge in [-0.05, 0) is 6.92 Å². The van der Waals surface area contributed by atoms with Crippen molar-refractivity contribution in [2.45, 2.75) is 16.7 Å². The van der Waals surface area contributed by atoms with E-state index in [1.807, 2.05) is 0 Å². The van der Waals surface area contributed by atoms with Gasteiger partial charge in [0.2, 0.25) is 21.5 Å². The molecule has 26 heavy (non-hydrogen) atoms. The molecule has 0 N–H and O–H groups in total. The smallest absolute Gasteiger partial charge is 0.218 e. The summed E-state index contributed by atoms with van der Waals surface area (Å²) < 4.78 is 138. The van der Waals surface area contributed by atoms with Crippen molar-refractivity contribution in [3.63, 3.8) is 0 Å². The molecule has 0 saturated carbocycles. The van der Waals surface area contributed by atoms with Gasteiger partial charge in [0.25, 0.3) is 0 Å². The molecule has 2 rings (SSSR count). The predicted octanol–water partition coefficient (Wildman–Crippen LogP) is 3.95. The highest BCUT2D eigenvalue weighted by Crippen LogP contribution is 2.37. The third-order valence-corrected chi connectivity index (χ3v) is 5.16. The molecule has 0 aliphatic rings. The number of hydrogen-bond acceptors (Lipinski definition) is 3. The number of sulfone groups is 1. The lowest BCUT2D eigenvalue weighted by Gasteiger charge is -2.14. The van der Waals surface area contributed by atoms with E-state index >= 15 is 0 Å². The summed E-state index contributed by atoms with van der Waals surface area (Å²) in [6.07, 6.45) is 0. The van der Waals surface area contributed by atoms with Crippen LogP contribution in [0.5, 0.6) is 5.75 Å². The molecule has 0 amide bonds. The van der Waals surface area contributed by atoms with Gasteiger partial charge in [-0.1, -0.05) is 0 Å². The molecule has 2 aromatic rings. The van der Waals surface area contributed by atoms with Crippen molar-refractivity contribution in [3.8, 4) is 5.75 Å². The predicted molar refractivity (Wildman–Crippen MR) is 69.3 cm³/mol. The maximum atomic E-state index is 13.9. The minimum atomic E-state index is -6.11. The average molecular weight is 406 g/mol. The second-order valence-electron chi connectivity index (χ2n) is 4.83. The zero-order valence-corrected chi connectivity index (χ0v) is 13.5. The van der Waals surface area contributed by atoms with E-state index in [0.29, 0.717) is 14.0 Å². The van der Waals surface area contributed by atoms with Crippen molar-refractivity contribution >= 4 is 9.84 Å². The van der Waals surface area contributed by atoms with Gasteiger partial charge in [0.1, 0.15) is 9.79 Å². The number of benzene rings is 2. The summed E-state index contributed by atoms with van der Waals surface area (Å²) in [5.41, 5.74) is -1.26. The van der Waals surface area contributed by atoms with Crippen molar-refractivity contribution in [1.82, 2.24) is 0 Å². The highest BCUT2D eigenvalue weighted by atomic mass is 32.2. The summed E-state index contributed by atoms with van der Waals surface area (Å²) in [6, 6.07) is 0. The highest BCUT2D eigenvalue weighted by molar-refractivity contribution is 7.91. The normalized spacial score (nSPS) is 11.8. The van der Waals surface area contributed by atoms with Gasteiger partial charge in [0.15, 0.2) is 40.7 Å². The van der Waals surface area contributed by atoms with Gasteiger partial charge >= 0.3 is 0 Å². The fourth-order valence-corrected chi connectivity index (χ4v) is 3.57. The Labute approximate surface area is 140 Å². The monoisotopic (exact) mass is 406 g/mol. The molecule has 0 heterocycles. The molecule has 0 saturated heterocycles. The number of rotatable bonds is 3. The average Bonchev–Trinajstić information content (AvgIpc) is 2.57. The van der Waals surface area contributed by atoms with E-state index in [0.717, 1.165) is 0 Å². The lowest BCUT2D eigenvalue weighted by molar-refractivity contribution is 0.322. The standard InChI is InChI=1S/C14H6F8O3S/c1-3-4(15)8(19)13(9(20)5(3)16)26(23,24)14-10(21)6(17)12(25-2)7(18)11(14)22/h1-2H3. The minimum absolute atomic E-state index is 0.557. The van der Waals surface area contributed by atoms with E-state index in [9.17, 15) is 43.5 Å². The first-order chi connectivity index (χ1) is 11.9.